The minimum Gasteiger partial charge on any atom is -0.464 e. The normalized spacial score (nSPS) is 12.8. The van der Waals surface area contributed by atoms with Crippen molar-refractivity contribution in [2.75, 3.05) is 13.2 Å². The second kappa shape index (κ2) is 4.64. The van der Waals surface area contributed by atoms with Crippen LogP contribution in [-0.2, 0) is 9.53 Å². The summed E-state index contributed by atoms with van der Waals surface area (Å²) in [6.45, 7) is 2.12. The third-order valence-corrected chi connectivity index (χ3v) is 0.801. The summed E-state index contributed by atoms with van der Waals surface area (Å²) >= 11 is 3.99. The molecule has 0 spiro atoms. The molecule has 0 amide bonds. The molecule has 0 fully saturated rings. The Morgan fingerprint density at radius 3 is 2.78 bits per heavy atom. The molecule has 0 aliphatic rings. The Bertz CT molecular complexity index is 95.0. The van der Waals surface area contributed by atoms with Gasteiger partial charge in [0.15, 0.2) is 0 Å². The largest absolute Gasteiger partial charge is 0.464 e. The van der Waals surface area contributed by atoms with Crippen LogP contribution in [0.5, 0.6) is 0 Å². The smallest absolute Gasteiger partial charge is 0.319 e. The summed E-state index contributed by atoms with van der Waals surface area (Å²) in [5, 5.41) is 0.0838. The van der Waals surface area contributed by atoms with Crippen molar-refractivity contribution in [1.29, 1.82) is 0 Å². The molecule has 3 nitrogen and oxygen atoms in total. The van der Waals surface area contributed by atoms with Crippen LogP contribution in [0.3, 0.4) is 0 Å². The lowest BCUT2D eigenvalue weighted by Gasteiger charge is -2.03. The maximum atomic E-state index is 10.3. The van der Waals surface area contributed by atoms with Crippen molar-refractivity contribution in [2.45, 2.75) is 12.2 Å². The molecule has 1 unspecified atom stereocenters. The van der Waals surface area contributed by atoms with Gasteiger partial charge in [0.1, 0.15) is 6.61 Å². The molecule has 9 heavy (non-hydrogen) atoms. The lowest BCUT2D eigenvalue weighted by molar-refractivity contribution is -0.141. The third-order valence-electron chi connectivity index (χ3n) is 0.652. The molecule has 0 aliphatic carbocycles. The van der Waals surface area contributed by atoms with Gasteiger partial charge in [-0.25, -0.2) is 0 Å². The highest BCUT2D eigenvalue weighted by atomic mass is 32.1. The lowest BCUT2D eigenvalue weighted by atomic mass is 10.5. The molecular formula is C5H11NO2S. The zero-order chi connectivity index (χ0) is 7.28. The Morgan fingerprint density at radius 2 is 2.44 bits per heavy atom. The summed E-state index contributed by atoms with van der Waals surface area (Å²) in [5.74, 6) is -0.379. The molecule has 0 saturated carbocycles. The molecule has 0 aromatic carbocycles. The van der Waals surface area contributed by atoms with Crippen molar-refractivity contribution >= 4 is 18.6 Å². The van der Waals surface area contributed by atoms with Gasteiger partial charge in [-0.3, -0.25) is 4.79 Å². The quantitative estimate of drug-likeness (QED) is 0.432. The van der Waals surface area contributed by atoms with Gasteiger partial charge in [-0.1, -0.05) is 6.92 Å². The van der Waals surface area contributed by atoms with Crippen LogP contribution < -0.4 is 5.73 Å². The summed E-state index contributed by atoms with van der Waals surface area (Å²) < 4.78 is 4.61. The molecule has 2 N–H and O–H groups in total. The maximum Gasteiger partial charge on any atom is 0.319 e. The second-order valence-corrected chi connectivity index (χ2v) is 2.62. The molecule has 0 aromatic rings. The van der Waals surface area contributed by atoms with E-state index < -0.39 is 0 Å². The van der Waals surface area contributed by atoms with E-state index in [0.717, 1.165) is 0 Å². The van der Waals surface area contributed by atoms with Gasteiger partial charge < -0.3 is 10.5 Å². The number of hydrogen-bond acceptors (Lipinski definition) is 4. The maximum absolute atomic E-state index is 10.3. The van der Waals surface area contributed by atoms with Crippen LogP contribution in [-0.4, -0.2) is 24.4 Å². The number of carbonyl (C=O) groups is 1. The highest BCUT2D eigenvalue weighted by Gasteiger charge is 1.99. The standard InChI is InChI=1S/C5H11NO2S/c1-4(9)3-8-5(7)2-6/h4,9H,2-3,6H2,1H3. The van der Waals surface area contributed by atoms with Crippen molar-refractivity contribution < 1.29 is 9.53 Å². The van der Waals surface area contributed by atoms with Crippen LogP contribution in [0.25, 0.3) is 0 Å². The summed E-state index contributed by atoms with van der Waals surface area (Å²) in [6, 6.07) is 0. The molecule has 0 bridgehead atoms. The van der Waals surface area contributed by atoms with E-state index in [9.17, 15) is 4.79 Å². The van der Waals surface area contributed by atoms with Crippen LogP contribution >= 0.6 is 12.6 Å². The Kier molecular flexibility index (Phi) is 4.53. The minimum atomic E-state index is -0.379. The average molecular weight is 149 g/mol. The van der Waals surface area contributed by atoms with Gasteiger partial charge in [-0.2, -0.15) is 12.6 Å². The van der Waals surface area contributed by atoms with Gasteiger partial charge in [0.05, 0.1) is 6.54 Å². The van der Waals surface area contributed by atoms with Crippen molar-refractivity contribution in [2.24, 2.45) is 5.73 Å². The van der Waals surface area contributed by atoms with Crippen molar-refractivity contribution in [1.82, 2.24) is 0 Å². The zero-order valence-corrected chi connectivity index (χ0v) is 6.23. The molecule has 4 heteroatoms. The number of rotatable bonds is 3. The second-order valence-electron chi connectivity index (χ2n) is 1.74. The molecule has 1 atom stereocenters. The van der Waals surface area contributed by atoms with E-state index in [1.165, 1.54) is 0 Å². The van der Waals surface area contributed by atoms with Crippen molar-refractivity contribution in [3.05, 3.63) is 0 Å². The van der Waals surface area contributed by atoms with Gasteiger partial charge >= 0.3 is 5.97 Å². The summed E-state index contributed by atoms with van der Waals surface area (Å²) in [4.78, 5) is 10.3. The van der Waals surface area contributed by atoms with Crippen LogP contribution in [0.15, 0.2) is 0 Å². The summed E-state index contributed by atoms with van der Waals surface area (Å²) in [7, 11) is 0. The third kappa shape index (κ3) is 5.65. The topological polar surface area (TPSA) is 52.3 Å². The van der Waals surface area contributed by atoms with Gasteiger partial charge in [0.25, 0.3) is 0 Å². The molecule has 54 valence electrons. The number of thiol groups is 1. The monoisotopic (exact) mass is 149 g/mol. The average Bonchev–Trinajstić information content (AvgIpc) is 1.83. The predicted molar refractivity (Wildman–Crippen MR) is 38.5 cm³/mol. The van der Waals surface area contributed by atoms with E-state index in [1.54, 1.807) is 0 Å². The predicted octanol–water partition coefficient (Wildman–Crippen LogP) is -0.193. The number of nitrogens with two attached hydrogens (primary N) is 1. The Labute approximate surface area is 60.0 Å². The molecule has 0 heterocycles. The molecule has 0 saturated heterocycles. The Hall–Kier alpha value is -0.220. The highest BCUT2D eigenvalue weighted by molar-refractivity contribution is 7.80. The van der Waals surface area contributed by atoms with E-state index in [2.05, 4.69) is 17.4 Å². The van der Waals surface area contributed by atoms with Gasteiger partial charge in [-0.05, 0) is 0 Å². The minimum absolute atomic E-state index is 0.0551. The Balaban J connectivity index is 3.17. The van der Waals surface area contributed by atoms with E-state index in [1.807, 2.05) is 6.92 Å². The first kappa shape index (κ1) is 8.78. The number of esters is 1. The highest BCUT2D eigenvalue weighted by Crippen LogP contribution is 1.91. The summed E-state index contributed by atoms with van der Waals surface area (Å²) in [6.07, 6.45) is 0. The van der Waals surface area contributed by atoms with Gasteiger partial charge in [0.2, 0.25) is 0 Å². The first-order valence-corrected chi connectivity index (χ1v) is 3.22. The number of carbonyl (C=O) groups excluding carboxylic acids is 1. The Morgan fingerprint density at radius 1 is 1.89 bits per heavy atom. The summed E-state index contributed by atoms with van der Waals surface area (Å²) in [5.41, 5.74) is 4.96. The fourth-order valence-corrected chi connectivity index (χ4v) is 0.347. The van der Waals surface area contributed by atoms with Crippen LogP contribution in [0.4, 0.5) is 0 Å². The van der Waals surface area contributed by atoms with Crippen LogP contribution in [0.1, 0.15) is 6.92 Å². The first-order chi connectivity index (χ1) is 4.16. The lowest BCUT2D eigenvalue weighted by Crippen LogP contribution is -2.19. The van der Waals surface area contributed by atoms with Gasteiger partial charge in [0, 0.05) is 5.25 Å². The first-order valence-electron chi connectivity index (χ1n) is 2.70. The number of ether oxygens (including phenoxy) is 1. The van der Waals surface area contributed by atoms with Crippen LogP contribution in [0.2, 0.25) is 0 Å². The fraction of sp³-hybridized carbons (Fsp3) is 0.800. The van der Waals surface area contributed by atoms with Crippen molar-refractivity contribution in [3.63, 3.8) is 0 Å². The fourth-order valence-electron chi connectivity index (χ4n) is 0.272. The molecule has 0 aliphatic heterocycles. The van der Waals surface area contributed by atoms with E-state index in [0.29, 0.717) is 6.61 Å². The zero-order valence-electron chi connectivity index (χ0n) is 5.33. The molecule has 0 rings (SSSR count). The van der Waals surface area contributed by atoms with E-state index in [-0.39, 0.29) is 17.8 Å². The van der Waals surface area contributed by atoms with Gasteiger partial charge in [-0.15, -0.1) is 0 Å². The molecule has 0 aromatic heterocycles. The van der Waals surface area contributed by atoms with Crippen LogP contribution in [0, 0.1) is 0 Å². The molecule has 0 radical (unpaired) electrons. The van der Waals surface area contributed by atoms with Crippen molar-refractivity contribution in [3.8, 4) is 0 Å². The van der Waals surface area contributed by atoms with E-state index in [4.69, 9.17) is 5.73 Å². The molecular weight excluding hydrogens is 138 g/mol. The SMILES string of the molecule is CC(S)COC(=O)CN. The van der Waals surface area contributed by atoms with E-state index >= 15 is 0 Å². The number of hydrogen-bond donors (Lipinski definition) is 2.